The molecule has 2 aromatic carbocycles. The van der Waals surface area contributed by atoms with Gasteiger partial charge in [0.15, 0.2) is 5.96 Å². The Kier molecular flexibility index (Phi) is 13.7. The summed E-state index contributed by atoms with van der Waals surface area (Å²) < 4.78 is 0. The molecule has 0 aliphatic carbocycles. The quantitative estimate of drug-likeness (QED) is 0.0701. The summed E-state index contributed by atoms with van der Waals surface area (Å²) in [5.41, 5.74) is 18.7. The highest BCUT2D eigenvalue weighted by atomic mass is 16.4. The second-order valence-corrected chi connectivity index (χ2v) is 11.0. The van der Waals surface area contributed by atoms with Gasteiger partial charge in [0.05, 0.1) is 13.0 Å². The van der Waals surface area contributed by atoms with Crippen molar-refractivity contribution in [2.24, 2.45) is 22.2 Å². The number of carboxylic acids is 1. The van der Waals surface area contributed by atoms with Crippen LogP contribution in [0, 0.1) is 0 Å². The molecule has 0 spiro atoms. The summed E-state index contributed by atoms with van der Waals surface area (Å²) in [4.78, 5) is 82.3. The Balaban J connectivity index is 2.00. The minimum atomic E-state index is -1.57. The van der Waals surface area contributed by atoms with Crippen molar-refractivity contribution in [1.82, 2.24) is 26.6 Å². The van der Waals surface area contributed by atoms with E-state index in [0.29, 0.717) is 17.7 Å². The third-order valence-corrected chi connectivity index (χ3v) is 7.28. The lowest BCUT2D eigenvalue weighted by molar-refractivity contribution is -0.141. The summed E-state index contributed by atoms with van der Waals surface area (Å²) in [6, 6.07) is 10.6. The molecule has 0 bridgehead atoms. The molecule has 1 fully saturated rings. The number of hydrogen-bond acceptors (Lipinski definition) is 8. The van der Waals surface area contributed by atoms with Crippen LogP contribution in [0.5, 0.6) is 0 Å². The fraction of sp³-hybridized carbons (Fsp3) is 0.387. The predicted octanol–water partition coefficient (Wildman–Crippen LogP) is -2.47. The molecule has 0 unspecified atom stereocenters. The molecular formula is C31H41N9O7. The van der Waals surface area contributed by atoms with Gasteiger partial charge >= 0.3 is 5.97 Å². The fourth-order valence-electron chi connectivity index (χ4n) is 4.82. The molecule has 16 heteroatoms. The average Bonchev–Trinajstić information content (AvgIpc) is 3.04. The first-order chi connectivity index (χ1) is 22.4. The molecule has 2 aromatic rings. The van der Waals surface area contributed by atoms with Crippen molar-refractivity contribution >= 4 is 41.5 Å². The van der Waals surface area contributed by atoms with Crippen LogP contribution in [-0.2, 0) is 48.2 Å². The van der Waals surface area contributed by atoms with E-state index in [-0.39, 0.29) is 38.2 Å². The number of carbonyl (C=O) groups excluding carboxylic acids is 5. The zero-order valence-corrected chi connectivity index (χ0v) is 25.7. The fourth-order valence-corrected chi connectivity index (χ4v) is 4.82. The summed E-state index contributed by atoms with van der Waals surface area (Å²) in [6.45, 7) is -0.162. The molecular weight excluding hydrogens is 610 g/mol. The van der Waals surface area contributed by atoms with E-state index in [1.54, 1.807) is 54.6 Å². The van der Waals surface area contributed by atoms with Crippen LogP contribution in [0.15, 0.2) is 59.6 Å². The molecule has 5 amide bonds. The van der Waals surface area contributed by atoms with Gasteiger partial charge in [-0.15, -0.1) is 0 Å². The highest BCUT2D eigenvalue weighted by Crippen LogP contribution is 2.11. The summed E-state index contributed by atoms with van der Waals surface area (Å²) in [5, 5.41) is 22.1. The maximum absolute atomic E-state index is 13.8. The largest absolute Gasteiger partial charge is 0.481 e. The first-order valence-corrected chi connectivity index (χ1v) is 15.0. The molecule has 47 heavy (non-hydrogen) atoms. The number of rotatable bonds is 11. The van der Waals surface area contributed by atoms with Gasteiger partial charge in [-0.05, 0) is 29.5 Å². The number of guanidine groups is 1. The van der Waals surface area contributed by atoms with E-state index < -0.39 is 72.6 Å². The van der Waals surface area contributed by atoms with Crippen LogP contribution in [0.4, 0.5) is 0 Å². The van der Waals surface area contributed by atoms with E-state index in [4.69, 9.17) is 17.2 Å². The van der Waals surface area contributed by atoms with Crippen molar-refractivity contribution in [2.75, 3.05) is 13.1 Å². The Hall–Kier alpha value is -5.51. The number of hydrogen-bond donors (Lipinski definition) is 9. The molecule has 1 aliphatic heterocycles. The lowest BCUT2D eigenvalue weighted by Gasteiger charge is -2.26. The van der Waals surface area contributed by atoms with Gasteiger partial charge in [-0.1, -0.05) is 54.6 Å². The number of aliphatic imine (C=N–C) groups is 1. The normalized spacial score (nSPS) is 21.1. The summed E-state index contributed by atoms with van der Waals surface area (Å²) in [6.07, 6.45) is -0.448. The number of nitrogens with zero attached hydrogens (tertiary/aromatic N) is 1. The molecule has 1 aliphatic rings. The SMILES string of the molecule is NCc1ccc(C[C@@H]2NC(=O)[C@@H](Cc3ccccc3)NC(=O)[C@H](CC(=O)O)NC(=O)CNC(=O)[C@H](CCCN=C(N)N)NC2=O)cc1. The monoisotopic (exact) mass is 651 g/mol. The second-order valence-electron chi connectivity index (χ2n) is 11.0. The van der Waals surface area contributed by atoms with Crippen LogP contribution < -0.4 is 43.8 Å². The van der Waals surface area contributed by atoms with E-state index >= 15 is 0 Å². The highest BCUT2D eigenvalue weighted by Gasteiger charge is 2.33. The van der Waals surface area contributed by atoms with Crippen LogP contribution in [0.3, 0.4) is 0 Å². The number of carboxylic acid groups (broad SMARTS) is 1. The third kappa shape index (κ3) is 12.1. The van der Waals surface area contributed by atoms with Crippen LogP contribution in [0.1, 0.15) is 36.0 Å². The number of amides is 5. The molecule has 3 rings (SSSR count). The molecule has 1 heterocycles. The minimum absolute atomic E-state index is 0.0123. The topological polar surface area (TPSA) is 273 Å². The van der Waals surface area contributed by atoms with E-state index in [1.165, 1.54) is 0 Å². The Morgan fingerprint density at radius 3 is 1.81 bits per heavy atom. The number of nitrogens with one attached hydrogen (secondary N) is 5. The summed E-state index contributed by atoms with van der Waals surface area (Å²) in [7, 11) is 0. The summed E-state index contributed by atoms with van der Waals surface area (Å²) in [5.74, 6) is -5.50. The maximum Gasteiger partial charge on any atom is 0.305 e. The molecule has 16 nitrogen and oxygen atoms in total. The molecule has 0 aromatic heterocycles. The van der Waals surface area contributed by atoms with Gasteiger partial charge in [0.2, 0.25) is 29.5 Å². The van der Waals surface area contributed by atoms with Crippen molar-refractivity contribution in [3.05, 3.63) is 71.3 Å². The smallest absolute Gasteiger partial charge is 0.305 e. The second kappa shape index (κ2) is 17.8. The Morgan fingerprint density at radius 2 is 1.26 bits per heavy atom. The lowest BCUT2D eigenvalue weighted by Crippen LogP contribution is -2.58. The summed E-state index contributed by atoms with van der Waals surface area (Å²) >= 11 is 0. The van der Waals surface area contributed by atoms with E-state index in [1.807, 2.05) is 0 Å². The first kappa shape index (κ1) is 36.0. The third-order valence-electron chi connectivity index (χ3n) is 7.28. The Bertz CT molecular complexity index is 1450. The molecule has 0 saturated carbocycles. The van der Waals surface area contributed by atoms with Crippen molar-refractivity contribution in [3.63, 3.8) is 0 Å². The van der Waals surface area contributed by atoms with Gasteiger partial charge in [0.1, 0.15) is 24.2 Å². The van der Waals surface area contributed by atoms with E-state index in [2.05, 4.69) is 31.6 Å². The average molecular weight is 652 g/mol. The van der Waals surface area contributed by atoms with Crippen LogP contribution >= 0.6 is 0 Å². The number of aliphatic carboxylic acids is 1. The van der Waals surface area contributed by atoms with Crippen molar-refractivity contribution in [1.29, 1.82) is 0 Å². The van der Waals surface area contributed by atoms with Crippen LogP contribution in [0.2, 0.25) is 0 Å². The Labute approximate surface area is 271 Å². The van der Waals surface area contributed by atoms with Gasteiger partial charge < -0.3 is 48.9 Å². The minimum Gasteiger partial charge on any atom is -0.481 e. The van der Waals surface area contributed by atoms with Crippen molar-refractivity contribution < 1.29 is 33.9 Å². The van der Waals surface area contributed by atoms with Crippen LogP contribution in [-0.4, -0.2) is 83.8 Å². The van der Waals surface area contributed by atoms with Crippen LogP contribution in [0.25, 0.3) is 0 Å². The van der Waals surface area contributed by atoms with E-state index in [0.717, 1.165) is 5.56 Å². The lowest BCUT2D eigenvalue weighted by atomic mass is 10.0. The molecule has 252 valence electrons. The zero-order chi connectivity index (χ0) is 34.3. The number of benzene rings is 2. The van der Waals surface area contributed by atoms with Crippen molar-refractivity contribution in [2.45, 2.75) is 62.8 Å². The first-order valence-electron chi connectivity index (χ1n) is 15.0. The molecule has 1 saturated heterocycles. The maximum atomic E-state index is 13.8. The zero-order valence-electron chi connectivity index (χ0n) is 25.7. The van der Waals surface area contributed by atoms with Gasteiger partial charge in [-0.3, -0.25) is 33.8 Å². The predicted molar refractivity (Wildman–Crippen MR) is 171 cm³/mol. The molecule has 0 radical (unpaired) electrons. The van der Waals surface area contributed by atoms with Gasteiger partial charge in [-0.25, -0.2) is 0 Å². The molecule has 4 atom stereocenters. The Morgan fingerprint density at radius 1 is 0.723 bits per heavy atom. The standard InChI is InChI=1S/C31H41N9O7/c32-16-20-10-8-19(9-11-20)14-23-28(45)38-21(7-4-12-35-31(33)34)27(44)36-17-25(41)37-24(15-26(42)43)30(47)40-22(29(46)39-23)13-18-5-2-1-3-6-18/h1-3,5-6,8-11,21-24H,4,7,12-17,32H2,(H,36,44)(H,37,41)(H,38,45)(H,39,46)(H,40,47)(H,42,43)(H4,33,34,35)/t21-,22+,23-,24-/m0/s1. The van der Waals surface area contributed by atoms with Gasteiger partial charge in [0.25, 0.3) is 0 Å². The highest BCUT2D eigenvalue weighted by molar-refractivity contribution is 5.98. The van der Waals surface area contributed by atoms with E-state index in [9.17, 15) is 33.9 Å². The number of carbonyl (C=O) groups is 6. The number of nitrogens with two attached hydrogens (primary N) is 3. The van der Waals surface area contributed by atoms with Gasteiger partial charge in [0, 0.05) is 25.9 Å². The van der Waals surface area contributed by atoms with Gasteiger partial charge in [-0.2, -0.15) is 0 Å². The molecule has 12 N–H and O–H groups in total. The van der Waals surface area contributed by atoms with Crippen molar-refractivity contribution in [3.8, 4) is 0 Å².